The molecule has 0 aliphatic carbocycles. The molecule has 6 nitrogen and oxygen atoms in total. The maximum Gasteiger partial charge on any atom is 0.321 e. The number of hydrogen-bond acceptors (Lipinski definition) is 5. The van der Waals surface area contributed by atoms with Crippen molar-refractivity contribution < 1.29 is 14.3 Å². The summed E-state index contributed by atoms with van der Waals surface area (Å²) in [7, 11) is 0. The van der Waals surface area contributed by atoms with Crippen LogP contribution in [0, 0.1) is 0 Å². The number of ether oxygens (including phenoxy) is 2. The number of nitrogens with two attached hydrogens (primary N) is 1. The number of nitrogens with zero attached hydrogens (tertiary/aromatic N) is 2. The van der Waals surface area contributed by atoms with Crippen LogP contribution >= 0.6 is 15.9 Å². The van der Waals surface area contributed by atoms with Crippen molar-refractivity contribution in [3.05, 3.63) is 41.1 Å². The minimum absolute atomic E-state index is 0.243. The Kier molecular flexibility index (Phi) is 4.52. The van der Waals surface area contributed by atoms with E-state index in [2.05, 4.69) is 25.9 Å². The van der Waals surface area contributed by atoms with Gasteiger partial charge in [-0.3, -0.25) is 4.79 Å². The Bertz CT molecular complexity index is 587. The monoisotopic (exact) mass is 337 g/mol. The molecule has 0 bridgehead atoms. The lowest BCUT2D eigenvalue weighted by Crippen LogP contribution is -2.30. The molecule has 0 aliphatic rings. The summed E-state index contributed by atoms with van der Waals surface area (Å²) >= 11 is 3.24. The molecule has 104 valence electrons. The third-order valence-electron chi connectivity index (χ3n) is 2.34. The van der Waals surface area contributed by atoms with Crippen LogP contribution in [0.15, 0.2) is 41.1 Å². The molecule has 0 saturated carbocycles. The maximum atomic E-state index is 10.9. The second kappa shape index (κ2) is 6.33. The Morgan fingerprint density at radius 3 is 2.30 bits per heavy atom. The predicted molar refractivity (Wildman–Crippen MR) is 75.5 cm³/mol. The first-order valence-corrected chi connectivity index (χ1v) is 6.55. The normalized spacial score (nSPS) is 11.7. The highest BCUT2D eigenvalue weighted by Crippen LogP contribution is 2.22. The van der Waals surface area contributed by atoms with Crippen LogP contribution in [0.4, 0.5) is 0 Å². The van der Waals surface area contributed by atoms with Crippen molar-refractivity contribution >= 4 is 21.8 Å². The molecule has 7 heteroatoms. The van der Waals surface area contributed by atoms with Crippen LogP contribution in [-0.2, 0) is 4.79 Å². The van der Waals surface area contributed by atoms with Crippen LogP contribution in [0.2, 0.25) is 0 Å². The van der Waals surface area contributed by atoms with Crippen molar-refractivity contribution in [3.8, 4) is 17.5 Å². The fourth-order valence-electron chi connectivity index (χ4n) is 1.31. The summed E-state index contributed by atoms with van der Waals surface area (Å²) in [6.45, 7) is 1.59. The third kappa shape index (κ3) is 3.92. The van der Waals surface area contributed by atoms with Crippen LogP contribution in [0.5, 0.6) is 17.5 Å². The van der Waals surface area contributed by atoms with Crippen molar-refractivity contribution in [1.82, 2.24) is 9.97 Å². The van der Waals surface area contributed by atoms with E-state index in [0.29, 0.717) is 11.5 Å². The van der Waals surface area contributed by atoms with Gasteiger partial charge in [-0.25, -0.2) is 9.97 Å². The van der Waals surface area contributed by atoms with Crippen LogP contribution in [0.3, 0.4) is 0 Å². The summed E-state index contributed by atoms with van der Waals surface area (Å²) in [5, 5.41) is 0. The fraction of sp³-hybridized carbons (Fsp3) is 0.154. The topological polar surface area (TPSA) is 87.3 Å². The average Bonchev–Trinajstić information content (AvgIpc) is 2.43. The van der Waals surface area contributed by atoms with E-state index in [-0.39, 0.29) is 6.01 Å². The second-order valence-electron chi connectivity index (χ2n) is 3.92. The van der Waals surface area contributed by atoms with E-state index in [1.165, 1.54) is 0 Å². The average molecular weight is 338 g/mol. The van der Waals surface area contributed by atoms with Crippen LogP contribution in [0.25, 0.3) is 0 Å². The van der Waals surface area contributed by atoms with Crippen molar-refractivity contribution in [2.24, 2.45) is 5.73 Å². The zero-order valence-electron chi connectivity index (χ0n) is 10.6. The lowest BCUT2D eigenvalue weighted by atomic mass is 10.3. The molecular weight excluding hydrogens is 326 g/mol. The molecule has 0 saturated heterocycles. The van der Waals surface area contributed by atoms with Gasteiger partial charge in [-0.1, -0.05) is 0 Å². The summed E-state index contributed by atoms with van der Waals surface area (Å²) < 4.78 is 11.6. The van der Waals surface area contributed by atoms with Gasteiger partial charge in [-0.2, -0.15) is 0 Å². The summed E-state index contributed by atoms with van der Waals surface area (Å²) in [6.07, 6.45) is 2.50. The molecule has 2 aromatic rings. The Hall–Kier alpha value is -2.15. The summed E-state index contributed by atoms with van der Waals surface area (Å²) in [5.74, 6) is 0.570. The molecule has 1 unspecified atom stereocenters. The number of rotatable bonds is 5. The van der Waals surface area contributed by atoms with E-state index in [4.69, 9.17) is 15.2 Å². The maximum absolute atomic E-state index is 10.9. The molecule has 1 atom stereocenters. The SMILES string of the molecule is CC(Oc1ccc(Oc2ncc(Br)cn2)cc1)C(N)=O. The van der Waals surface area contributed by atoms with Gasteiger partial charge in [0.2, 0.25) is 0 Å². The minimum atomic E-state index is -0.684. The van der Waals surface area contributed by atoms with Gasteiger partial charge in [-0.05, 0) is 47.1 Å². The van der Waals surface area contributed by atoms with E-state index in [9.17, 15) is 4.79 Å². The molecule has 0 radical (unpaired) electrons. The van der Waals surface area contributed by atoms with E-state index in [1.54, 1.807) is 43.6 Å². The number of carbonyl (C=O) groups excluding carboxylic acids is 1. The number of carbonyl (C=O) groups is 1. The Morgan fingerprint density at radius 1 is 1.20 bits per heavy atom. The number of hydrogen-bond donors (Lipinski definition) is 1. The molecule has 0 aliphatic heterocycles. The minimum Gasteiger partial charge on any atom is -0.481 e. The van der Waals surface area contributed by atoms with Gasteiger partial charge in [0.1, 0.15) is 11.5 Å². The van der Waals surface area contributed by atoms with Crippen molar-refractivity contribution in [2.45, 2.75) is 13.0 Å². The number of aromatic nitrogens is 2. The largest absolute Gasteiger partial charge is 0.481 e. The molecule has 1 aromatic heterocycles. The standard InChI is InChI=1S/C13H12BrN3O3/c1-8(12(15)18)19-10-2-4-11(5-3-10)20-13-16-6-9(14)7-17-13/h2-8H,1H3,(H2,15,18). The quantitative estimate of drug-likeness (QED) is 0.904. The van der Waals surface area contributed by atoms with Gasteiger partial charge in [0.25, 0.3) is 5.91 Å². The molecule has 0 fully saturated rings. The van der Waals surface area contributed by atoms with E-state index in [0.717, 1.165) is 4.47 Å². The van der Waals surface area contributed by atoms with Crippen LogP contribution < -0.4 is 15.2 Å². The highest BCUT2D eigenvalue weighted by molar-refractivity contribution is 9.10. The van der Waals surface area contributed by atoms with Gasteiger partial charge < -0.3 is 15.2 Å². The van der Waals surface area contributed by atoms with Crippen molar-refractivity contribution in [1.29, 1.82) is 0 Å². The molecule has 1 amide bonds. The Labute approximate surface area is 124 Å². The third-order valence-corrected chi connectivity index (χ3v) is 2.75. The van der Waals surface area contributed by atoms with Crippen LogP contribution in [-0.4, -0.2) is 22.0 Å². The predicted octanol–water partition coefficient (Wildman–Crippen LogP) is 2.28. The van der Waals surface area contributed by atoms with E-state index in [1.807, 2.05) is 0 Å². The molecule has 1 heterocycles. The number of halogens is 1. The smallest absolute Gasteiger partial charge is 0.321 e. The summed E-state index contributed by atoms with van der Waals surface area (Å²) in [4.78, 5) is 18.9. The Balaban J connectivity index is 2.01. The zero-order valence-corrected chi connectivity index (χ0v) is 12.2. The molecule has 20 heavy (non-hydrogen) atoms. The highest BCUT2D eigenvalue weighted by Gasteiger charge is 2.10. The molecule has 0 spiro atoms. The lowest BCUT2D eigenvalue weighted by molar-refractivity contribution is -0.123. The fourth-order valence-corrected chi connectivity index (χ4v) is 1.51. The number of amides is 1. The zero-order chi connectivity index (χ0) is 14.5. The molecule has 1 aromatic carbocycles. The van der Waals surface area contributed by atoms with Gasteiger partial charge in [0.15, 0.2) is 6.10 Å². The first-order valence-electron chi connectivity index (χ1n) is 5.76. The van der Waals surface area contributed by atoms with Gasteiger partial charge in [-0.15, -0.1) is 0 Å². The molecule has 2 N–H and O–H groups in total. The number of primary amides is 1. The van der Waals surface area contributed by atoms with Gasteiger partial charge in [0.05, 0.1) is 4.47 Å². The highest BCUT2D eigenvalue weighted by atomic mass is 79.9. The summed E-state index contributed by atoms with van der Waals surface area (Å²) in [5.41, 5.74) is 5.12. The summed E-state index contributed by atoms with van der Waals surface area (Å²) in [6, 6.07) is 6.97. The van der Waals surface area contributed by atoms with Crippen molar-refractivity contribution in [2.75, 3.05) is 0 Å². The Morgan fingerprint density at radius 2 is 1.75 bits per heavy atom. The first kappa shape index (κ1) is 14.3. The number of benzene rings is 1. The lowest BCUT2D eigenvalue weighted by Gasteiger charge is -2.11. The van der Waals surface area contributed by atoms with Gasteiger partial charge >= 0.3 is 6.01 Å². The molecule has 2 rings (SSSR count). The van der Waals surface area contributed by atoms with Crippen LogP contribution in [0.1, 0.15) is 6.92 Å². The van der Waals surface area contributed by atoms with Gasteiger partial charge in [0, 0.05) is 12.4 Å². The second-order valence-corrected chi connectivity index (χ2v) is 4.84. The first-order chi connectivity index (χ1) is 9.54. The van der Waals surface area contributed by atoms with E-state index >= 15 is 0 Å². The molecular formula is C13H12BrN3O3. The van der Waals surface area contributed by atoms with E-state index < -0.39 is 12.0 Å². The van der Waals surface area contributed by atoms with Crippen molar-refractivity contribution in [3.63, 3.8) is 0 Å².